The van der Waals surface area contributed by atoms with Crippen molar-refractivity contribution < 1.29 is 9.53 Å². The molecule has 2 atom stereocenters. The van der Waals surface area contributed by atoms with Crippen LogP contribution in [0.1, 0.15) is 40.7 Å². The van der Waals surface area contributed by atoms with Crippen LogP contribution in [0.5, 0.6) is 0 Å². The molecule has 2 aromatic heterocycles. The van der Waals surface area contributed by atoms with Gasteiger partial charge in [-0.3, -0.25) is 4.79 Å². The summed E-state index contributed by atoms with van der Waals surface area (Å²) in [4.78, 5) is 19.6. The number of carbonyl (C=O) groups is 1. The Balaban J connectivity index is 1.66. The van der Waals surface area contributed by atoms with Crippen LogP contribution in [-0.2, 0) is 11.8 Å². The highest BCUT2D eigenvalue weighted by Gasteiger charge is 2.30. The van der Waals surface area contributed by atoms with Gasteiger partial charge in [0.15, 0.2) is 0 Å². The van der Waals surface area contributed by atoms with Crippen molar-refractivity contribution in [3.05, 3.63) is 41.7 Å². The lowest BCUT2D eigenvalue weighted by Gasteiger charge is -2.31. The van der Waals surface area contributed by atoms with Gasteiger partial charge in [0, 0.05) is 50.9 Å². The lowest BCUT2D eigenvalue weighted by molar-refractivity contribution is -0.0337. The first-order valence-electron chi connectivity index (χ1n) is 7.67. The quantitative estimate of drug-likeness (QED) is 0.907. The number of aromatic nitrogens is 3. The van der Waals surface area contributed by atoms with E-state index in [1.54, 1.807) is 12.4 Å². The molecule has 1 amide bonds. The van der Waals surface area contributed by atoms with Crippen LogP contribution in [-0.4, -0.2) is 33.6 Å². The van der Waals surface area contributed by atoms with Crippen molar-refractivity contribution in [2.24, 2.45) is 13.0 Å². The maximum absolute atomic E-state index is 12.2. The van der Waals surface area contributed by atoms with Crippen molar-refractivity contribution in [3.63, 3.8) is 0 Å². The normalized spacial score (nSPS) is 21.7. The predicted octanol–water partition coefficient (Wildman–Crippen LogP) is 1.95. The molecular formula is C16H22N4O2. The van der Waals surface area contributed by atoms with Crippen LogP contribution in [0.2, 0.25) is 0 Å². The molecule has 2 aromatic rings. The van der Waals surface area contributed by atoms with Crippen molar-refractivity contribution in [2.75, 3.05) is 13.2 Å². The van der Waals surface area contributed by atoms with Crippen LogP contribution in [0.25, 0.3) is 0 Å². The molecule has 1 saturated heterocycles. The largest absolute Gasteiger partial charge is 0.370 e. The summed E-state index contributed by atoms with van der Waals surface area (Å²) in [6.07, 6.45) is 9.27. The highest BCUT2D eigenvalue weighted by molar-refractivity contribution is 5.95. The maximum atomic E-state index is 12.2. The molecule has 118 valence electrons. The minimum atomic E-state index is -0.0543. The van der Waals surface area contributed by atoms with Crippen molar-refractivity contribution >= 4 is 5.91 Å². The van der Waals surface area contributed by atoms with E-state index in [4.69, 9.17) is 4.74 Å². The molecule has 1 aliphatic heterocycles. The van der Waals surface area contributed by atoms with E-state index in [9.17, 15) is 4.79 Å². The van der Waals surface area contributed by atoms with Gasteiger partial charge in [0.25, 0.3) is 5.91 Å². The summed E-state index contributed by atoms with van der Waals surface area (Å²) < 4.78 is 7.91. The zero-order valence-corrected chi connectivity index (χ0v) is 13.0. The van der Waals surface area contributed by atoms with E-state index in [-0.39, 0.29) is 17.9 Å². The number of hydrogen-bond acceptors (Lipinski definition) is 3. The van der Waals surface area contributed by atoms with Gasteiger partial charge in [-0.1, -0.05) is 0 Å². The topological polar surface area (TPSA) is 71.9 Å². The second-order valence-corrected chi connectivity index (χ2v) is 5.85. The fourth-order valence-corrected chi connectivity index (χ4v) is 2.99. The van der Waals surface area contributed by atoms with Gasteiger partial charge in [0.05, 0.1) is 5.56 Å². The van der Waals surface area contributed by atoms with E-state index in [0.29, 0.717) is 12.1 Å². The van der Waals surface area contributed by atoms with Gasteiger partial charge in [-0.15, -0.1) is 0 Å². The van der Waals surface area contributed by atoms with E-state index >= 15 is 0 Å². The molecule has 0 aromatic carbocycles. The first kappa shape index (κ1) is 14.8. The minimum Gasteiger partial charge on any atom is -0.370 e. The molecule has 6 nitrogen and oxygen atoms in total. The van der Waals surface area contributed by atoms with Crippen LogP contribution in [0.15, 0.2) is 24.8 Å². The average molecular weight is 302 g/mol. The van der Waals surface area contributed by atoms with Gasteiger partial charge in [-0.25, -0.2) is 4.98 Å². The summed E-state index contributed by atoms with van der Waals surface area (Å²) in [5, 5.41) is 3.03. The van der Waals surface area contributed by atoms with Crippen LogP contribution < -0.4 is 5.32 Å². The first-order valence-corrected chi connectivity index (χ1v) is 7.67. The minimum absolute atomic E-state index is 0.0390. The van der Waals surface area contributed by atoms with Crippen molar-refractivity contribution in [3.8, 4) is 0 Å². The number of H-pyrrole nitrogens is 1. The molecule has 3 heterocycles. The number of nitrogens with one attached hydrogen (secondary N) is 2. The Morgan fingerprint density at radius 2 is 2.41 bits per heavy atom. The Morgan fingerprint density at radius 1 is 1.55 bits per heavy atom. The zero-order valence-electron chi connectivity index (χ0n) is 13.0. The van der Waals surface area contributed by atoms with Gasteiger partial charge in [0.2, 0.25) is 0 Å². The Labute approximate surface area is 129 Å². The molecule has 0 unspecified atom stereocenters. The van der Waals surface area contributed by atoms with Crippen LogP contribution in [0.3, 0.4) is 0 Å². The van der Waals surface area contributed by atoms with Gasteiger partial charge in [-0.2, -0.15) is 0 Å². The average Bonchev–Trinajstić information content (AvgIpc) is 3.13. The number of aryl methyl sites for hydroxylation is 2. The van der Waals surface area contributed by atoms with Crippen LogP contribution in [0.4, 0.5) is 0 Å². The Bertz CT molecular complexity index is 646. The second-order valence-electron chi connectivity index (χ2n) is 5.85. The Hall–Kier alpha value is -2.08. The monoisotopic (exact) mass is 302 g/mol. The van der Waals surface area contributed by atoms with E-state index in [2.05, 4.69) is 15.3 Å². The second kappa shape index (κ2) is 6.36. The smallest absolute Gasteiger partial charge is 0.253 e. The lowest BCUT2D eigenvalue weighted by atomic mass is 9.93. The molecule has 22 heavy (non-hydrogen) atoms. The molecule has 6 heteroatoms. The summed E-state index contributed by atoms with van der Waals surface area (Å²) in [7, 11) is 1.97. The van der Waals surface area contributed by atoms with Gasteiger partial charge >= 0.3 is 0 Å². The van der Waals surface area contributed by atoms with Gasteiger partial charge in [-0.05, 0) is 25.3 Å². The molecular weight excluding hydrogens is 280 g/mol. The van der Waals surface area contributed by atoms with Crippen LogP contribution >= 0.6 is 0 Å². The molecule has 0 bridgehead atoms. The molecule has 0 spiro atoms. The van der Waals surface area contributed by atoms with Crippen LogP contribution in [0, 0.1) is 12.8 Å². The number of rotatable bonds is 4. The fourth-order valence-electron chi connectivity index (χ4n) is 2.99. The number of amides is 1. The highest BCUT2D eigenvalue weighted by Crippen LogP contribution is 2.32. The van der Waals surface area contributed by atoms with Gasteiger partial charge in [0.1, 0.15) is 11.9 Å². The van der Waals surface area contributed by atoms with Crippen molar-refractivity contribution in [1.82, 2.24) is 19.9 Å². The third-order valence-corrected chi connectivity index (χ3v) is 4.28. The summed E-state index contributed by atoms with van der Waals surface area (Å²) in [5.74, 6) is 1.14. The standard InChI is InChI=1S/C16H22N4O2/c1-11-8-17-10-13(11)16(21)19-9-12-4-3-7-22-14(12)15-18-5-6-20(15)2/h5-6,8,10,12,14,17H,3-4,7,9H2,1-2H3,(H,19,21)/t12-,14+/m0/s1. The molecule has 0 saturated carbocycles. The third kappa shape index (κ3) is 2.92. The predicted molar refractivity (Wildman–Crippen MR) is 82.5 cm³/mol. The third-order valence-electron chi connectivity index (χ3n) is 4.28. The maximum Gasteiger partial charge on any atom is 0.253 e. The number of nitrogens with zero attached hydrogens (tertiary/aromatic N) is 2. The zero-order chi connectivity index (χ0) is 15.5. The van der Waals surface area contributed by atoms with E-state index in [1.165, 1.54) is 0 Å². The first-order chi connectivity index (χ1) is 10.7. The lowest BCUT2D eigenvalue weighted by Crippen LogP contribution is -2.36. The van der Waals surface area contributed by atoms with Crippen molar-refractivity contribution in [1.29, 1.82) is 0 Å². The SMILES string of the molecule is Cc1c[nH]cc1C(=O)NC[C@@H]1CCCO[C@H]1c1nccn1C. The highest BCUT2D eigenvalue weighted by atomic mass is 16.5. The fraction of sp³-hybridized carbons (Fsp3) is 0.500. The Kier molecular flexibility index (Phi) is 4.29. The van der Waals surface area contributed by atoms with E-state index in [0.717, 1.165) is 30.8 Å². The number of carbonyl (C=O) groups excluding carboxylic acids is 1. The Morgan fingerprint density at radius 3 is 3.09 bits per heavy atom. The molecule has 2 N–H and O–H groups in total. The molecule has 1 fully saturated rings. The number of aromatic amines is 1. The summed E-state index contributed by atoms with van der Waals surface area (Å²) in [5.41, 5.74) is 1.66. The summed E-state index contributed by atoms with van der Waals surface area (Å²) in [6, 6.07) is 0. The number of hydrogen-bond donors (Lipinski definition) is 2. The summed E-state index contributed by atoms with van der Waals surface area (Å²) in [6.45, 7) is 3.27. The summed E-state index contributed by atoms with van der Waals surface area (Å²) >= 11 is 0. The molecule has 0 aliphatic carbocycles. The van der Waals surface area contributed by atoms with Crippen molar-refractivity contribution in [2.45, 2.75) is 25.9 Å². The molecule has 1 aliphatic rings. The molecule has 3 rings (SSSR count). The van der Waals surface area contributed by atoms with E-state index < -0.39 is 0 Å². The number of ether oxygens (including phenoxy) is 1. The number of imidazole rings is 1. The van der Waals surface area contributed by atoms with Gasteiger partial charge < -0.3 is 19.6 Å². The van der Waals surface area contributed by atoms with E-state index in [1.807, 2.05) is 30.9 Å². The molecule has 0 radical (unpaired) electrons.